The lowest BCUT2D eigenvalue weighted by Crippen LogP contribution is -2.43. The number of aliphatic imine (C=N–C) groups is 1. The molecule has 0 atom stereocenters. The van der Waals surface area contributed by atoms with Crippen LogP contribution in [0.15, 0.2) is 28.8 Å². The summed E-state index contributed by atoms with van der Waals surface area (Å²) in [4.78, 5) is 6.02. The van der Waals surface area contributed by atoms with Crippen LogP contribution in [0.4, 0.5) is 0 Å². The molecule has 0 unspecified atom stereocenters. The number of allylic oxidation sites excluding steroid dienone is 1. The molecule has 0 bridgehead atoms. The standard InChI is InChI=1S/C9H17N5/c1-12-9(8(11)2-3-10)14-6-4-13-5-7-14/h2-3,13H,1,4-7,10-11H2/b3-2-,9-8-. The Bertz CT molecular complexity index is 250. The molecule has 0 spiro atoms. The smallest absolute Gasteiger partial charge is 0.151 e. The molecule has 1 aliphatic heterocycles. The van der Waals surface area contributed by atoms with Gasteiger partial charge in [0.1, 0.15) is 0 Å². The SMILES string of the molecule is C=N/C(=C(N)\C=C/N)N1CCNCC1. The van der Waals surface area contributed by atoms with E-state index in [2.05, 4.69) is 21.9 Å². The molecule has 0 aromatic heterocycles. The number of hydrogen-bond acceptors (Lipinski definition) is 5. The molecule has 5 heteroatoms. The number of rotatable bonds is 3. The molecule has 0 amide bonds. The predicted octanol–water partition coefficient (Wildman–Crippen LogP) is -0.808. The highest BCUT2D eigenvalue weighted by molar-refractivity contribution is 5.32. The van der Waals surface area contributed by atoms with Crippen molar-refractivity contribution in [2.45, 2.75) is 0 Å². The summed E-state index contributed by atoms with van der Waals surface area (Å²) < 4.78 is 0. The highest BCUT2D eigenvalue weighted by Crippen LogP contribution is 2.09. The molecule has 0 aromatic rings. The van der Waals surface area contributed by atoms with Crippen LogP contribution >= 0.6 is 0 Å². The van der Waals surface area contributed by atoms with Gasteiger partial charge in [0, 0.05) is 26.2 Å². The monoisotopic (exact) mass is 195 g/mol. The fraction of sp³-hybridized carbons (Fsp3) is 0.444. The van der Waals surface area contributed by atoms with E-state index in [4.69, 9.17) is 11.5 Å². The molecule has 1 saturated heterocycles. The molecule has 1 heterocycles. The summed E-state index contributed by atoms with van der Waals surface area (Å²) in [6.45, 7) is 7.19. The lowest BCUT2D eigenvalue weighted by Gasteiger charge is -2.29. The van der Waals surface area contributed by atoms with Crippen molar-refractivity contribution in [1.29, 1.82) is 0 Å². The van der Waals surface area contributed by atoms with Crippen molar-refractivity contribution in [3.63, 3.8) is 0 Å². The third-order valence-electron chi connectivity index (χ3n) is 2.10. The quantitative estimate of drug-likeness (QED) is 0.406. The Kier molecular flexibility index (Phi) is 4.00. The van der Waals surface area contributed by atoms with Gasteiger partial charge < -0.3 is 21.7 Å². The van der Waals surface area contributed by atoms with Crippen LogP contribution in [0.3, 0.4) is 0 Å². The topological polar surface area (TPSA) is 79.7 Å². The average molecular weight is 195 g/mol. The van der Waals surface area contributed by atoms with Gasteiger partial charge in [0.25, 0.3) is 0 Å². The number of hydrogen-bond donors (Lipinski definition) is 3. The first-order valence-electron chi connectivity index (χ1n) is 4.60. The minimum atomic E-state index is 0.560. The van der Waals surface area contributed by atoms with Crippen LogP contribution in [-0.2, 0) is 0 Å². The molecule has 1 rings (SSSR count). The summed E-state index contributed by atoms with van der Waals surface area (Å²) in [6.07, 6.45) is 3.04. The first-order chi connectivity index (χ1) is 6.79. The van der Waals surface area contributed by atoms with Crippen LogP contribution in [0.1, 0.15) is 0 Å². The highest BCUT2D eigenvalue weighted by atomic mass is 15.3. The van der Waals surface area contributed by atoms with Crippen LogP contribution in [0.2, 0.25) is 0 Å². The number of nitrogens with two attached hydrogens (primary N) is 2. The van der Waals surface area contributed by atoms with Gasteiger partial charge in [-0.15, -0.1) is 0 Å². The second kappa shape index (κ2) is 5.29. The molecule has 1 aliphatic rings. The van der Waals surface area contributed by atoms with Crippen molar-refractivity contribution in [2.24, 2.45) is 16.5 Å². The van der Waals surface area contributed by atoms with E-state index in [1.54, 1.807) is 6.08 Å². The van der Waals surface area contributed by atoms with E-state index in [1.807, 2.05) is 0 Å². The van der Waals surface area contributed by atoms with Crippen molar-refractivity contribution in [1.82, 2.24) is 10.2 Å². The van der Waals surface area contributed by atoms with Crippen molar-refractivity contribution < 1.29 is 0 Å². The Morgan fingerprint density at radius 1 is 1.43 bits per heavy atom. The van der Waals surface area contributed by atoms with Crippen LogP contribution in [0.25, 0.3) is 0 Å². The Labute approximate surface area is 84.2 Å². The van der Waals surface area contributed by atoms with Gasteiger partial charge in [-0.1, -0.05) is 0 Å². The van der Waals surface area contributed by atoms with E-state index in [0.717, 1.165) is 26.2 Å². The van der Waals surface area contributed by atoms with E-state index in [9.17, 15) is 0 Å². The third kappa shape index (κ3) is 2.50. The van der Waals surface area contributed by atoms with E-state index in [-0.39, 0.29) is 0 Å². The Morgan fingerprint density at radius 3 is 2.57 bits per heavy atom. The third-order valence-corrected chi connectivity index (χ3v) is 2.10. The Hall–Kier alpha value is -1.49. The number of nitrogens with zero attached hydrogens (tertiary/aromatic N) is 2. The largest absolute Gasteiger partial charge is 0.405 e. The van der Waals surface area contributed by atoms with Gasteiger partial charge in [0.05, 0.1) is 5.70 Å². The Balaban J connectivity index is 2.78. The zero-order chi connectivity index (χ0) is 10.4. The molecule has 5 N–H and O–H groups in total. The van der Waals surface area contributed by atoms with Gasteiger partial charge in [-0.3, -0.25) is 0 Å². The van der Waals surface area contributed by atoms with Crippen molar-refractivity contribution in [3.8, 4) is 0 Å². The van der Waals surface area contributed by atoms with Crippen molar-refractivity contribution in [2.75, 3.05) is 26.2 Å². The van der Waals surface area contributed by atoms with Gasteiger partial charge in [-0.2, -0.15) is 0 Å². The van der Waals surface area contributed by atoms with Crippen LogP contribution in [0.5, 0.6) is 0 Å². The van der Waals surface area contributed by atoms with Crippen molar-refractivity contribution >= 4 is 6.72 Å². The molecule has 14 heavy (non-hydrogen) atoms. The molecule has 0 radical (unpaired) electrons. The van der Waals surface area contributed by atoms with Gasteiger partial charge in [0.15, 0.2) is 5.82 Å². The molecule has 1 fully saturated rings. The average Bonchev–Trinajstić information content (AvgIpc) is 2.21. The molecular weight excluding hydrogens is 178 g/mol. The molecular formula is C9H17N5. The van der Waals surface area contributed by atoms with E-state index in [0.29, 0.717) is 11.5 Å². The second-order valence-corrected chi connectivity index (χ2v) is 3.03. The first-order valence-corrected chi connectivity index (χ1v) is 4.60. The summed E-state index contributed by atoms with van der Waals surface area (Å²) in [5, 5.41) is 3.25. The summed E-state index contributed by atoms with van der Waals surface area (Å²) in [5.41, 5.74) is 11.6. The summed E-state index contributed by atoms with van der Waals surface area (Å²) in [7, 11) is 0. The molecule has 5 nitrogen and oxygen atoms in total. The summed E-state index contributed by atoms with van der Waals surface area (Å²) in [6, 6.07) is 0. The van der Waals surface area contributed by atoms with Gasteiger partial charge >= 0.3 is 0 Å². The zero-order valence-corrected chi connectivity index (χ0v) is 8.24. The molecule has 78 valence electrons. The first kappa shape index (κ1) is 10.6. The van der Waals surface area contributed by atoms with Crippen LogP contribution in [-0.4, -0.2) is 37.8 Å². The normalized spacial score (nSPS) is 19.6. The maximum Gasteiger partial charge on any atom is 0.151 e. The summed E-state index contributed by atoms with van der Waals surface area (Å²) in [5.74, 6) is 0.716. The van der Waals surface area contributed by atoms with E-state index >= 15 is 0 Å². The Morgan fingerprint density at radius 2 is 2.07 bits per heavy atom. The zero-order valence-electron chi connectivity index (χ0n) is 8.24. The molecule has 0 aliphatic carbocycles. The van der Waals surface area contributed by atoms with Crippen LogP contribution in [0, 0.1) is 0 Å². The maximum atomic E-state index is 5.79. The van der Waals surface area contributed by atoms with E-state index < -0.39 is 0 Å². The fourth-order valence-electron chi connectivity index (χ4n) is 1.43. The van der Waals surface area contributed by atoms with Crippen LogP contribution < -0.4 is 16.8 Å². The van der Waals surface area contributed by atoms with Crippen molar-refractivity contribution in [3.05, 3.63) is 23.8 Å². The lowest BCUT2D eigenvalue weighted by atomic mass is 10.3. The number of nitrogens with one attached hydrogen (secondary N) is 1. The summed E-state index contributed by atoms with van der Waals surface area (Å²) >= 11 is 0. The fourth-order valence-corrected chi connectivity index (χ4v) is 1.43. The van der Waals surface area contributed by atoms with Gasteiger partial charge in [-0.25, -0.2) is 4.99 Å². The minimum absolute atomic E-state index is 0.560. The molecule has 0 aromatic carbocycles. The maximum absolute atomic E-state index is 5.79. The van der Waals surface area contributed by atoms with Gasteiger partial charge in [-0.05, 0) is 19.0 Å². The highest BCUT2D eigenvalue weighted by Gasteiger charge is 2.13. The predicted molar refractivity (Wildman–Crippen MR) is 58.5 cm³/mol. The minimum Gasteiger partial charge on any atom is -0.405 e. The second-order valence-electron chi connectivity index (χ2n) is 3.03. The molecule has 0 saturated carbocycles. The lowest BCUT2D eigenvalue weighted by molar-refractivity contribution is 0.295. The number of piperazine rings is 1. The van der Waals surface area contributed by atoms with Gasteiger partial charge in [0.2, 0.25) is 0 Å². The van der Waals surface area contributed by atoms with E-state index in [1.165, 1.54) is 6.20 Å².